The van der Waals surface area contributed by atoms with Crippen LogP contribution in [0.1, 0.15) is 20.3 Å². The normalized spacial score (nSPS) is 10.8. The Morgan fingerprint density at radius 2 is 2.10 bits per heavy atom. The van der Waals surface area contributed by atoms with Gasteiger partial charge in [-0.15, -0.1) is 0 Å². The maximum absolute atomic E-state index is 12.2. The number of benzene rings is 1. The van der Waals surface area contributed by atoms with Crippen molar-refractivity contribution in [1.29, 1.82) is 0 Å². The predicted molar refractivity (Wildman–Crippen MR) is 85.6 cm³/mol. The van der Waals surface area contributed by atoms with Crippen molar-refractivity contribution in [2.75, 3.05) is 25.0 Å². The molecular weight excluding hydrogens is 266 g/mol. The molecule has 0 spiro atoms. The molecule has 2 aromatic rings. The Balaban J connectivity index is 2.16. The predicted octanol–water partition coefficient (Wildman–Crippen LogP) is 2.90. The monoisotopic (exact) mass is 289 g/mol. The number of nitrogens with one attached hydrogen (secondary N) is 1. The van der Waals surface area contributed by atoms with E-state index in [0.29, 0.717) is 13.1 Å². The first-order chi connectivity index (χ1) is 10.2. The number of amides is 2. The van der Waals surface area contributed by atoms with Crippen molar-refractivity contribution in [3.63, 3.8) is 0 Å². The van der Waals surface area contributed by atoms with Crippen molar-refractivity contribution >= 4 is 22.6 Å². The van der Waals surface area contributed by atoms with Gasteiger partial charge in [0.1, 0.15) is 0 Å². The summed E-state index contributed by atoms with van der Waals surface area (Å²) < 4.78 is 2.14. The molecule has 0 saturated carbocycles. The number of rotatable bonds is 6. The van der Waals surface area contributed by atoms with Gasteiger partial charge in [-0.3, -0.25) is 0 Å². The van der Waals surface area contributed by atoms with Gasteiger partial charge in [0.2, 0.25) is 0 Å². The molecule has 0 aliphatic heterocycles. The third-order valence-corrected chi connectivity index (χ3v) is 3.52. The van der Waals surface area contributed by atoms with Crippen molar-refractivity contribution in [2.24, 2.45) is 0 Å². The maximum atomic E-state index is 12.2. The molecule has 0 saturated heterocycles. The second-order valence-electron chi connectivity index (χ2n) is 5.02. The van der Waals surface area contributed by atoms with Gasteiger partial charge in [0.05, 0.1) is 12.1 Å². The lowest BCUT2D eigenvalue weighted by Gasteiger charge is -2.21. The average molecular weight is 289 g/mol. The maximum Gasteiger partial charge on any atom is 0.321 e. The minimum Gasteiger partial charge on any atom is -0.395 e. The van der Waals surface area contributed by atoms with Crippen LogP contribution in [-0.2, 0) is 6.54 Å². The number of aliphatic hydroxyl groups is 1. The van der Waals surface area contributed by atoms with Crippen LogP contribution in [0.25, 0.3) is 10.9 Å². The molecule has 2 rings (SSSR count). The fourth-order valence-corrected chi connectivity index (χ4v) is 2.45. The van der Waals surface area contributed by atoms with Crippen molar-refractivity contribution in [3.05, 3.63) is 30.5 Å². The molecule has 114 valence electrons. The first-order valence-electron chi connectivity index (χ1n) is 7.45. The molecule has 0 aliphatic rings. The highest BCUT2D eigenvalue weighted by atomic mass is 16.3. The molecule has 0 atom stereocenters. The van der Waals surface area contributed by atoms with Crippen molar-refractivity contribution in [1.82, 2.24) is 9.47 Å². The van der Waals surface area contributed by atoms with E-state index >= 15 is 0 Å². The van der Waals surface area contributed by atoms with Crippen LogP contribution in [0.3, 0.4) is 0 Å². The number of anilines is 1. The van der Waals surface area contributed by atoms with Gasteiger partial charge in [0, 0.05) is 31.5 Å². The smallest absolute Gasteiger partial charge is 0.321 e. The Bertz CT molecular complexity index is 601. The number of carbonyl (C=O) groups excluding carboxylic acids is 1. The van der Waals surface area contributed by atoms with Gasteiger partial charge in [0.15, 0.2) is 0 Å². The van der Waals surface area contributed by atoms with E-state index in [-0.39, 0.29) is 12.6 Å². The summed E-state index contributed by atoms with van der Waals surface area (Å²) in [5.41, 5.74) is 1.89. The number of aryl methyl sites for hydroxylation is 1. The number of aromatic nitrogens is 1. The fourth-order valence-electron chi connectivity index (χ4n) is 2.45. The van der Waals surface area contributed by atoms with E-state index in [0.717, 1.165) is 29.6 Å². The van der Waals surface area contributed by atoms with Crippen LogP contribution in [0, 0.1) is 0 Å². The number of hydrogen-bond donors (Lipinski definition) is 2. The third-order valence-electron chi connectivity index (χ3n) is 3.52. The molecule has 1 aromatic carbocycles. The van der Waals surface area contributed by atoms with Crippen molar-refractivity contribution in [2.45, 2.75) is 26.8 Å². The summed E-state index contributed by atoms with van der Waals surface area (Å²) in [6, 6.07) is 7.80. The highest BCUT2D eigenvalue weighted by Gasteiger charge is 2.12. The zero-order chi connectivity index (χ0) is 15.2. The molecule has 5 heteroatoms. The minimum absolute atomic E-state index is 0.0227. The molecule has 1 heterocycles. The second-order valence-corrected chi connectivity index (χ2v) is 5.02. The number of fused-ring (bicyclic) bond motifs is 1. The highest BCUT2D eigenvalue weighted by Crippen LogP contribution is 2.20. The van der Waals surface area contributed by atoms with Gasteiger partial charge >= 0.3 is 6.03 Å². The van der Waals surface area contributed by atoms with Crippen molar-refractivity contribution in [3.8, 4) is 0 Å². The first-order valence-corrected chi connectivity index (χ1v) is 7.45. The summed E-state index contributed by atoms with van der Waals surface area (Å²) in [6.07, 6.45) is 2.91. The summed E-state index contributed by atoms with van der Waals surface area (Å²) in [4.78, 5) is 13.8. The van der Waals surface area contributed by atoms with Crippen LogP contribution in [-0.4, -0.2) is 40.3 Å². The van der Waals surface area contributed by atoms with E-state index in [1.807, 2.05) is 31.3 Å². The van der Waals surface area contributed by atoms with Crippen LogP contribution in [0.5, 0.6) is 0 Å². The second kappa shape index (κ2) is 7.13. The Labute approximate surface area is 125 Å². The molecule has 5 nitrogen and oxygen atoms in total. The molecule has 21 heavy (non-hydrogen) atoms. The first kappa shape index (κ1) is 15.4. The highest BCUT2D eigenvalue weighted by molar-refractivity contribution is 5.92. The summed E-state index contributed by atoms with van der Waals surface area (Å²) in [6.45, 7) is 5.97. The zero-order valence-electron chi connectivity index (χ0n) is 12.7. The Hall–Kier alpha value is -2.01. The molecule has 0 unspecified atom stereocenters. The Morgan fingerprint density at radius 1 is 1.29 bits per heavy atom. The summed E-state index contributed by atoms with van der Waals surface area (Å²) in [7, 11) is 0. The number of aliphatic hydroxyl groups excluding tert-OH is 1. The quantitative estimate of drug-likeness (QED) is 0.859. The SMILES string of the molecule is CCCN(CCO)C(=O)Nc1ccc2ccn(CC)c2c1. The van der Waals surface area contributed by atoms with E-state index in [9.17, 15) is 4.79 Å². The Kier molecular flexibility index (Phi) is 5.22. The lowest BCUT2D eigenvalue weighted by Crippen LogP contribution is -2.37. The zero-order valence-corrected chi connectivity index (χ0v) is 12.7. The largest absolute Gasteiger partial charge is 0.395 e. The summed E-state index contributed by atoms with van der Waals surface area (Å²) in [5.74, 6) is 0. The lowest BCUT2D eigenvalue weighted by molar-refractivity contribution is 0.188. The van der Waals surface area contributed by atoms with E-state index in [4.69, 9.17) is 5.11 Å². The number of nitrogens with zero attached hydrogens (tertiary/aromatic N) is 2. The van der Waals surface area contributed by atoms with Crippen LogP contribution in [0.4, 0.5) is 10.5 Å². The van der Waals surface area contributed by atoms with Crippen molar-refractivity contribution < 1.29 is 9.90 Å². The summed E-state index contributed by atoms with van der Waals surface area (Å²) in [5, 5.41) is 13.1. The molecule has 0 radical (unpaired) electrons. The Morgan fingerprint density at radius 3 is 2.76 bits per heavy atom. The number of urea groups is 1. The molecule has 1 aromatic heterocycles. The van der Waals surface area contributed by atoms with Gasteiger partial charge in [-0.1, -0.05) is 13.0 Å². The molecule has 0 aliphatic carbocycles. The van der Waals surface area contributed by atoms with Crippen LogP contribution in [0.2, 0.25) is 0 Å². The fraction of sp³-hybridized carbons (Fsp3) is 0.438. The number of hydrogen-bond acceptors (Lipinski definition) is 2. The minimum atomic E-state index is -0.167. The standard InChI is InChI=1S/C16H23N3O2/c1-3-8-19(10-11-20)16(21)17-14-6-5-13-7-9-18(4-2)15(13)12-14/h5-7,9,12,20H,3-4,8,10-11H2,1-2H3,(H,17,21). The van der Waals surface area contributed by atoms with Gasteiger partial charge in [-0.2, -0.15) is 0 Å². The molecule has 0 fully saturated rings. The van der Waals surface area contributed by atoms with E-state index in [1.54, 1.807) is 4.90 Å². The van der Waals surface area contributed by atoms with Gasteiger partial charge < -0.3 is 19.9 Å². The molecule has 0 bridgehead atoms. The van der Waals surface area contributed by atoms with Crippen LogP contribution < -0.4 is 5.32 Å². The van der Waals surface area contributed by atoms with E-state index in [1.165, 1.54) is 0 Å². The van der Waals surface area contributed by atoms with Gasteiger partial charge in [0.25, 0.3) is 0 Å². The summed E-state index contributed by atoms with van der Waals surface area (Å²) >= 11 is 0. The topological polar surface area (TPSA) is 57.5 Å². The molecule has 2 N–H and O–H groups in total. The van der Waals surface area contributed by atoms with Gasteiger partial charge in [-0.25, -0.2) is 4.79 Å². The van der Waals surface area contributed by atoms with E-state index < -0.39 is 0 Å². The lowest BCUT2D eigenvalue weighted by atomic mass is 10.2. The van der Waals surface area contributed by atoms with E-state index in [2.05, 4.69) is 22.9 Å². The van der Waals surface area contributed by atoms with Crippen LogP contribution >= 0.6 is 0 Å². The molecule has 2 amide bonds. The average Bonchev–Trinajstić information content (AvgIpc) is 2.89. The number of carbonyl (C=O) groups is 1. The third kappa shape index (κ3) is 3.55. The molecular formula is C16H23N3O2. The van der Waals surface area contributed by atoms with Gasteiger partial charge in [-0.05, 0) is 36.9 Å². The van der Waals surface area contributed by atoms with Crippen LogP contribution in [0.15, 0.2) is 30.5 Å².